The standard InChI is InChI=1S/C28H25N3O4/c32-27-22-13-7-8-14-23(22)28(33)30(27)21-15-16-24(26(18-21)31(34)35)29-25(20-11-5-2-6-12-20)17-19-9-3-1-4-10-19/h1-12,15-16,18,22-23,25,29H,13-14,17H2/t22-,23+,25-/m1/s1. The van der Waals surface area contributed by atoms with E-state index in [2.05, 4.69) is 5.32 Å². The van der Waals surface area contributed by atoms with Gasteiger partial charge in [-0.25, -0.2) is 4.90 Å². The number of anilines is 2. The molecule has 35 heavy (non-hydrogen) atoms. The first-order chi connectivity index (χ1) is 17.0. The molecule has 3 aromatic rings. The minimum atomic E-state index is -0.476. The molecular formula is C28H25N3O4. The number of carbonyl (C=O) groups excluding carboxylic acids is 2. The molecule has 0 aromatic heterocycles. The SMILES string of the molecule is O=C1[C@H]2CC=CC[C@H]2C(=O)N1c1ccc(N[C@H](Cc2ccccc2)c2ccccc2)c([N+](=O)[O-])c1. The number of nitro benzene ring substituents is 1. The number of hydrogen-bond acceptors (Lipinski definition) is 5. The van der Waals surface area contributed by atoms with E-state index >= 15 is 0 Å². The molecule has 1 heterocycles. The topological polar surface area (TPSA) is 92.6 Å². The summed E-state index contributed by atoms with van der Waals surface area (Å²) in [7, 11) is 0. The van der Waals surface area contributed by atoms with Crippen LogP contribution in [0.15, 0.2) is 91.0 Å². The number of nitrogens with one attached hydrogen (secondary N) is 1. The first-order valence-corrected chi connectivity index (χ1v) is 11.7. The Kier molecular flexibility index (Phi) is 6.14. The van der Waals surface area contributed by atoms with Crippen molar-refractivity contribution in [1.29, 1.82) is 0 Å². The number of benzene rings is 3. The van der Waals surface area contributed by atoms with Crippen molar-refractivity contribution in [1.82, 2.24) is 0 Å². The van der Waals surface area contributed by atoms with E-state index in [9.17, 15) is 19.7 Å². The highest BCUT2D eigenvalue weighted by Crippen LogP contribution is 2.40. The maximum Gasteiger partial charge on any atom is 0.294 e. The largest absolute Gasteiger partial charge is 0.372 e. The van der Waals surface area contributed by atoms with Gasteiger partial charge < -0.3 is 5.32 Å². The second-order valence-corrected chi connectivity index (χ2v) is 8.92. The lowest BCUT2D eigenvalue weighted by Gasteiger charge is -2.22. The number of imide groups is 1. The average molecular weight is 468 g/mol. The summed E-state index contributed by atoms with van der Waals surface area (Å²) in [6.07, 6.45) is 5.50. The monoisotopic (exact) mass is 467 g/mol. The molecule has 3 atom stereocenters. The quantitative estimate of drug-likeness (QED) is 0.216. The smallest absolute Gasteiger partial charge is 0.294 e. The molecule has 0 unspecified atom stereocenters. The zero-order valence-electron chi connectivity index (χ0n) is 19.0. The summed E-state index contributed by atoms with van der Waals surface area (Å²) in [6, 6.07) is 24.0. The maximum atomic E-state index is 13.0. The van der Waals surface area contributed by atoms with Crippen LogP contribution in [0.4, 0.5) is 17.1 Å². The summed E-state index contributed by atoms with van der Waals surface area (Å²) in [5.41, 5.74) is 2.49. The number of nitro groups is 1. The zero-order chi connectivity index (χ0) is 24.4. The minimum absolute atomic E-state index is 0.176. The van der Waals surface area contributed by atoms with Crippen molar-refractivity contribution in [3.63, 3.8) is 0 Å². The lowest BCUT2D eigenvalue weighted by molar-refractivity contribution is -0.383. The Morgan fingerprint density at radius 2 is 1.49 bits per heavy atom. The Morgan fingerprint density at radius 3 is 2.09 bits per heavy atom. The van der Waals surface area contributed by atoms with Gasteiger partial charge in [-0.1, -0.05) is 72.8 Å². The Balaban J connectivity index is 1.47. The Bertz CT molecular complexity index is 1260. The molecule has 1 aliphatic heterocycles. The molecule has 2 aliphatic rings. The number of allylic oxidation sites excluding steroid dienone is 2. The Morgan fingerprint density at radius 1 is 0.886 bits per heavy atom. The van der Waals surface area contributed by atoms with Gasteiger partial charge in [0.05, 0.1) is 28.5 Å². The van der Waals surface area contributed by atoms with Gasteiger partial charge in [0, 0.05) is 6.07 Å². The first-order valence-electron chi connectivity index (χ1n) is 11.7. The van der Waals surface area contributed by atoms with Gasteiger partial charge >= 0.3 is 0 Å². The molecule has 7 nitrogen and oxygen atoms in total. The number of nitrogens with zero attached hydrogens (tertiary/aromatic N) is 2. The molecule has 7 heteroatoms. The molecule has 1 fully saturated rings. The predicted molar refractivity (Wildman–Crippen MR) is 134 cm³/mol. The van der Waals surface area contributed by atoms with Crippen molar-refractivity contribution >= 4 is 28.9 Å². The number of hydrogen-bond donors (Lipinski definition) is 1. The van der Waals surface area contributed by atoms with Crippen molar-refractivity contribution in [2.75, 3.05) is 10.2 Å². The molecule has 1 N–H and O–H groups in total. The van der Waals surface area contributed by atoms with E-state index in [0.29, 0.717) is 24.9 Å². The van der Waals surface area contributed by atoms with Gasteiger partial charge in [0.25, 0.3) is 5.69 Å². The summed E-state index contributed by atoms with van der Waals surface area (Å²) in [6.45, 7) is 0. The number of fused-ring (bicyclic) bond motifs is 1. The number of carbonyl (C=O) groups is 2. The molecule has 176 valence electrons. The van der Waals surface area contributed by atoms with Gasteiger partial charge in [0.2, 0.25) is 11.8 Å². The molecule has 5 rings (SSSR count). The van der Waals surface area contributed by atoms with Crippen LogP contribution in [0, 0.1) is 22.0 Å². The molecule has 0 saturated carbocycles. The fourth-order valence-electron chi connectivity index (χ4n) is 4.96. The third-order valence-electron chi connectivity index (χ3n) is 6.76. The molecular weight excluding hydrogens is 442 g/mol. The van der Waals surface area contributed by atoms with Crippen LogP contribution in [0.3, 0.4) is 0 Å². The number of amides is 2. The van der Waals surface area contributed by atoms with E-state index in [1.54, 1.807) is 12.1 Å². The van der Waals surface area contributed by atoms with Gasteiger partial charge in [0.1, 0.15) is 5.69 Å². The van der Waals surface area contributed by atoms with Crippen LogP contribution in [-0.4, -0.2) is 16.7 Å². The highest BCUT2D eigenvalue weighted by Gasteiger charge is 2.48. The normalized spacial score (nSPS) is 19.9. The van der Waals surface area contributed by atoms with Crippen molar-refractivity contribution < 1.29 is 14.5 Å². The molecule has 2 amide bonds. The lowest BCUT2D eigenvalue weighted by Crippen LogP contribution is -2.31. The third kappa shape index (κ3) is 4.45. The zero-order valence-corrected chi connectivity index (χ0v) is 19.0. The fraction of sp³-hybridized carbons (Fsp3) is 0.214. The van der Waals surface area contributed by atoms with Crippen molar-refractivity contribution in [2.24, 2.45) is 11.8 Å². The van der Waals surface area contributed by atoms with E-state index in [4.69, 9.17) is 0 Å². The van der Waals surface area contributed by atoms with Crippen LogP contribution < -0.4 is 10.2 Å². The highest BCUT2D eigenvalue weighted by molar-refractivity contribution is 6.22. The van der Waals surface area contributed by atoms with Crippen molar-refractivity contribution in [2.45, 2.75) is 25.3 Å². The summed E-state index contributed by atoms with van der Waals surface area (Å²) < 4.78 is 0. The van der Waals surface area contributed by atoms with Crippen LogP contribution in [0.2, 0.25) is 0 Å². The van der Waals surface area contributed by atoms with Crippen molar-refractivity contribution in [3.05, 3.63) is 112 Å². The molecule has 1 aliphatic carbocycles. The Labute approximate surface area is 203 Å². The van der Waals surface area contributed by atoms with E-state index in [1.807, 2.05) is 72.8 Å². The van der Waals surface area contributed by atoms with Gasteiger partial charge in [0.15, 0.2) is 0 Å². The van der Waals surface area contributed by atoms with E-state index in [0.717, 1.165) is 16.0 Å². The maximum absolute atomic E-state index is 13.0. The van der Waals surface area contributed by atoms with Crippen LogP contribution in [-0.2, 0) is 16.0 Å². The fourth-order valence-corrected chi connectivity index (χ4v) is 4.96. The average Bonchev–Trinajstić information content (AvgIpc) is 3.15. The first kappa shape index (κ1) is 22.5. The van der Waals surface area contributed by atoms with Gasteiger partial charge in [-0.05, 0) is 42.5 Å². The summed E-state index contributed by atoms with van der Waals surface area (Å²) in [4.78, 5) is 38.6. The molecule has 0 spiro atoms. The molecule has 3 aromatic carbocycles. The van der Waals surface area contributed by atoms with E-state index in [-0.39, 0.29) is 29.2 Å². The van der Waals surface area contributed by atoms with Crippen LogP contribution >= 0.6 is 0 Å². The van der Waals surface area contributed by atoms with E-state index in [1.165, 1.54) is 6.07 Å². The number of rotatable bonds is 7. The molecule has 0 radical (unpaired) electrons. The van der Waals surface area contributed by atoms with Gasteiger partial charge in [-0.3, -0.25) is 19.7 Å². The lowest BCUT2D eigenvalue weighted by atomic mass is 9.85. The third-order valence-corrected chi connectivity index (χ3v) is 6.76. The molecule has 0 bridgehead atoms. The van der Waals surface area contributed by atoms with Crippen molar-refractivity contribution in [3.8, 4) is 0 Å². The van der Waals surface area contributed by atoms with Gasteiger partial charge in [-0.15, -0.1) is 0 Å². The van der Waals surface area contributed by atoms with Crippen LogP contribution in [0.5, 0.6) is 0 Å². The summed E-state index contributed by atoms with van der Waals surface area (Å²) in [5, 5.41) is 15.4. The second-order valence-electron chi connectivity index (χ2n) is 8.92. The summed E-state index contributed by atoms with van der Waals surface area (Å²) >= 11 is 0. The highest BCUT2D eigenvalue weighted by atomic mass is 16.6. The predicted octanol–water partition coefficient (Wildman–Crippen LogP) is 5.45. The Hall–Kier alpha value is -4.26. The molecule has 1 saturated heterocycles. The summed E-state index contributed by atoms with van der Waals surface area (Å²) in [5.74, 6) is -1.36. The second kappa shape index (κ2) is 9.54. The van der Waals surface area contributed by atoms with Crippen LogP contribution in [0.25, 0.3) is 0 Å². The van der Waals surface area contributed by atoms with E-state index < -0.39 is 16.8 Å². The van der Waals surface area contributed by atoms with Gasteiger partial charge in [-0.2, -0.15) is 0 Å². The van der Waals surface area contributed by atoms with Crippen LogP contribution in [0.1, 0.15) is 30.0 Å². The minimum Gasteiger partial charge on any atom is -0.372 e.